The van der Waals surface area contributed by atoms with Crippen molar-refractivity contribution in [2.45, 2.75) is 19.9 Å². The zero-order chi connectivity index (χ0) is 22.5. The van der Waals surface area contributed by atoms with Gasteiger partial charge in [-0.15, -0.1) is 0 Å². The Bertz CT molecular complexity index is 1160. The Morgan fingerprint density at radius 3 is 2.68 bits per heavy atom. The molecule has 0 atom stereocenters. The third-order valence-corrected chi connectivity index (χ3v) is 4.58. The molecule has 0 fully saturated rings. The van der Waals surface area contributed by atoms with Crippen LogP contribution in [0.15, 0.2) is 48.7 Å². The lowest BCUT2D eigenvalue weighted by Gasteiger charge is -2.10. The third-order valence-electron chi connectivity index (χ3n) is 4.15. The van der Waals surface area contributed by atoms with Gasteiger partial charge < -0.3 is 15.2 Å². The monoisotopic (exact) mass is 444 g/mol. The average molecular weight is 445 g/mol. The number of carboxylic acids is 1. The minimum absolute atomic E-state index is 0.0349. The molecule has 3 rings (SSSR count). The Morgan fingerprint density at radius 1 is 1.23 bits per heavy atom. The molecule has 1 amide bonds. The Morgan fingerprint density at radius 2 is 2.00 bits per heavy atom. The summed E-state index contributed by atoms with van der Waals surface area (Å²) in [6.45, 7) is 1.90. The van der Waals surface area contributed by atoms with Crippen molar-refractivity contribution >= 4 is 34.9 Å². The number of carbonyl (C=O) groups is 2. The van der Waals surface area contributed by atoms with Crippen LogP contribution < -0.4 is 10.1 Å². The largest absolute Gasteiger partial charge is 0.481 e. The maximum absolute atomic E-state index is 12.5. The van der Waals surface area contributed by atoms with Crippen LogP contribution in [0, 0.1) is 17.0 Å². The number of halogens is 1. The lowest BCUT2D eigenvalue weighted by molar-refractivity contribution is -0.384. The van der Waals surface area contributed by atoms with Crippen molar-refractivity contribution in [3.8, 4) is 11.5 Å². The van der Waals surface area contributed by atoms with Gasteiger partial charge in [-0.1, -0.05) is 11.6 Å². The molecule has 31 heavy (non-hydrogen) atoms. The first-order chi connectivity index (χ1) is 14.7. The molecule has 160 valence electrons. The number of carboxylic acid groups (broad SMARTS) is 1. The Labute approximate surface area is 181 Å². The van der Waals surface area contributed by atoms with Gasteiger partial charge in [-0.3, -0.25) is 24.4 Å². The number of aromatic nitrogens is 2. The maximum Gasteiger partial charge on any atom is 0.305 e. The molecule has 0 aliphatic rings. The van der Waals surface area contributed by atoms with E-state index in [4.69, 9.17) is 21.4 Å². The first-order valence-electron chi connectivity index (χ1n) is 9.01. The van der Waals surface area contributed by atoms with E-state index in [2.05, 4.69) is 10.4 Å². The maximum atomic E-state index is 12.5. The van der Waals surface area contributed by atoms with E-state index in [-0.39, 0.29) is 35.8 Å². The topological polar surface area (TPSA) is 137 Å². The smallest absolute Gasteiger partial charge is 0.305 e. The number of aryl methyl sites for hydroxylation is 2. The van der Waals surface area contributed by atoms with Crippen molar-refractivity contribution in [1.82, 2.24) is 9.78 Å². The quantitative estimate of drug-likeness (QED) is 0.391. The first kappa shape index (κ1) is 21.8. The number of hydrogen-bond donors (Lipinski definition) is 2. The summed E-state index contributed by atoms with van der Waals surface area (Å²) in [5.41, 5.74) is 0.676. The molecule has 10 nitrogen and oxygen atoms in total. The van der Waals surface area contributed by atoms with Crippen molar-refractivity contribution in [3.63, 3.8) is 0 Å². The van der Waals surface area contributed by atoms with Crippen LogP contribution in [0.1, 0.15) is 22.5 Å². The molecule has 0 saturated carbocycles. The number of nitro benzene ring substituents is 1. The van der Waals surface area contributed by atoms with Crippen LogP contribution in [0.3, 0.4) is 0 Å². The van der Waals surface area contributed by atoms with E-state index in [9.17, 15) is 19.7 Å². The highest BCUT2D eigenvalue weighted by Crippen LogP contribution is 2.31. The molecular formula is C20H17ClN4O6. The Balaban J connectivity index is 1.80. The van der Waals surface area contributed by atoms with Crippen LogP contribution in [0.5, 0.6) is 11.5 Å². The van der Waals surface area contributed by atoms with E-state index in [1.807, 2.05) is 0 Å². The number of nitrogens with one attached hydrogen (secondary N) is 1. The standard InChI is InChI=1S/C20H17ClN4O6/c1-12-8-15(2-3-17(12)21)31-16-10-13(9-14(11-16)25(29)30)22-20(28)18-4-6-24(23-18)7-5-19(26)27/h2-4,6,8-11H,5,7H2,1H3,(H,22,28)(H,26,27). The number of non-ortho nitro benzene ring substituents is 1. The highest BCUT2D eigenvalue weighted by Gasteiger charge is 2.16. The summed E-state index contributed by atoms with van der Waals surface area (Å²) in [7, 11) is 0. The second-order valence-electron chi connectivity index (χ2n) is 6.55. The molecule has 3 aromatic rings. The number of rotatable bonds is 8. The number of carbonyl (C=O) groups excluding carboxylic acids is 1. The van der Waals surface area contributed by atoms with Crippen LogP contribution >= 0.6 is 11.6 Å². The molecule has 1 heterocycles. The fourth-order valence-corrected chi connectivity index (χ4v) is 2.77. The second kappa shape index (κ2) is 9.26. The minimum atomic E-state index is -0.985. The molecular weight excluding hydrogens is 428 g/mol. The van der Waals surface area contributed by atoms with Crippen molar-refractivity contribution in [1.29, 1.82) is 0 Å². The lowest BCUT2D eigenvalue weighted by atomic mass is 10.2. The summed E-state index contributed by atoms with van der Waals surface area (Å²) in [5.74, 6) is -1.01. The van der Waals surface area contributed by atoms with Gasteiger partial charge in [-0.2, -0.15) is 5.10 Å². The highest BCUT2D eigenvalue weighted by atomic mass is 35.5. The Kier molecular flexibility index (Phi) is 6.51. The van der Waals surface area contributed by atoms with Crippen molar-refractivity contribution in [3.05, 3.63) is 75.1 Å². The average Bonchev–Trinajstić information content (AvgIpc) is 3.18. The molecule has 0 aliphatic carbocycles. The zero-order valence-electron chi connectivity index (χ0n) is 16.2. The van der Waals surface area contributed by atoms with Crippen molar-refractivity contribution in [2.75, 3.05) is 5.32 Å². The molecule has 0 radical (unpaired) electrons. The van der Waals surface area contributed by atoms with E-state index >= 15 is 0 Å². The van der Waals surface area contributed by atoms with Crippen molar-refractivity contribution < 1.29 is 24.4 Å². The van der Waals surface area contributed by atoms with Crippen LogP contribution in [0.4, 0.5) is 11.4 Å². The molecule has 2 aromatic carbocycles. The van der Waals surface area contributed by atoms with Gasteiger partial charge in [-0.05, 0) is 36.8 Å². The van der Waals surface area contributed by atoms with E-state index < -0.39 is 16.8 Å². The lowest BCUT2D eigenvalue weighted by Crippen LogP contribution is -2.14. The summed E-state index contributed by atoms with van der Waals surface area (Å²) in [5, 5.41) is 27.1. The number of nitrogens with zero attached hydrogens (tertiary/aromatic N) is 3. The van der Waals surface area contributed by atoms with Gasteiger partial charge >= 0.3 is 5.97 Å². The predicted molar refractivity (Wildman–Crippen MR) is 112 cm³/mol. The van der Waals surface area contributed by atoms with Gasteiger partial charge in [0.05, 0.1) is 29.6 Å². The number of hydrogen-bond acceptors (Lipinski definition) is 6. The molecule has 1 aromatic heterocycles. The summed E-state index contributed by atoms with van der Waals surface area (Å²) in [4.78, 5) is 33.8. The van der Waals surface area contributed by atoms with Gasteiger partial charge in [0.2, 0.25) is 0 Å². The molecule has 0 bridgehead atoms. The normalized spacial score (nSPS) is 10.5. The number of ether oxygens (including phenoxy) is 1. The minimum Gasteiger partial charge on any atom is -0.481 e. The third kappa shape index (κ3) is 5.80. The summed E-state index contributed by atoms with van der Waals surface area (Å²) < 4.78 is 7.03. The van der Waals surface area contributed by atoms with Crippen LogP contribution in [0.25, 0.3) is 0 Å². The van der Waals surface area contributed by atoms with Gasteiger partial charge in [0.1, 0.15) is 11.5 Å². The van der Waals surface area contributed by atoms with Gasteiger partial charge in [0.15, 0.2) is 5.69 Å². The van der Waals surface area contributed by atoms with Gasteiger partial charge in [-0.25, -0.2) is 0 Å². The van der Waals surface area contributed by atoms with Crippen LogP contribution in [-0.4, -0.2) is 31.7 Å². The van der Waals surface area contributed by atoms with E-state index in [1.54, 1.807) is 25.1 Å². The van der Waals surface area contributed by atoms with E-state index in [1.165, 1.54) is 35.1 Å². The predicted octanol–water partition coefficient (Wildman–Crippen LogP) is 4.27. The SMILES string of the molecule is Cc1cc(Oc2cc(NC(=O)c3ccn(CCC(=O)O)n3)cc([N+](=O)[O-])c2)ccc1Cl. The molecule has 0 aliphatic heterocycles. The number of benzene rings is 2. The number of aliphatic carboxylic acids is 1. The molecule has 0 spiro atoms. The summed E-state index contributed by atoms with van der Waals surface area (Å²) in [6, 6.07) is 10.2. The van der Waals surface area contributed by atoms with Crippen LogP contribution in [0.2, 0.25) is 5.02 Å². The highest BCUT2D eigenvalue weighted by molar-refractivity contribution is 6.31. The summed E-state index contributed by atoms with van der Waals surface area (Å²) in [6.07, 6.45) is 1.33. The first-order valence-corrected chi connectivity index (χ1v) is 9.39. The second-order valence-corrected chi connectivity index (χ2v) is 6.95. The zero-order valence-corrected chi connectivity index (χ0v) is 17.0. The van der Waals surface area contributed by atoms with E-state index in [0.29, 0.717) is 10.8 Å². The van der Waals surface area contributed by atoms with E-state index in [0.717, 1.165) is 5.56 Å². The summed E-state index contributed by atoms with van der Waals surface area (Å²) >= 11 is 6.00. The fraction of sp³-hybridized carbons (Fsp3) is 0.150. The molecule has 0 saturated heterocycles. The van der Waals surface area contributed by atoms with Crippen LogP contribution in [-0.2, 0) is 11.3 Å². The molecule has 2 N–H and O–H groups in total. The number of anilines is 1. The molecule has 0 unspecified atom stereocenters. The van der Waals surface area contributed by atoms with Crippen molar-refractivity contribution in [2.24, 2.45) is 0 Å². The Hall–Kier alpha value is -3.92. The molecule has 11 heteroatoms. The van der Waals surface area contributed by atoms with Gasteiger partial charge in [0.25, 0.3) is 11.6 Å². The number of nitro groups is 1. The van der Waals surface area contributed by atoms with Gasteiger partial charge in [0, 0.05) is 23.4 Å². The number of amides is 1. The fourth-order valence-electron chi connectivity index (χ4n) is 2.65.